The summed E-state index contributed by atoms with van der Waals surface area (Å²) >= 11 is 0. The first-order valence-electron chi connectivity index (χ1n) is 6.14. The Labute approximate surface area is 94.8 Å². The smallest absolute Gasteiger partial charge is 0.227 e. The summed E-state index contributed by atoms with van der Waals surface area (Å²) in [4.78, 5) is 23.8. The predicted octanol–water partition coefficient (Wildman–Crippen LogP) is 1.51. The van der Waals surface area contributed by atoms with E-state index in [9.17, 15) is 9.59 Å². The number of rotatable bonds is 1. The highest BCUT2D eigenvalue weighted by Crippen LogP contribution is 2.45. The summed E-state index contributed by atoms with van der Waals surface area (Å²) in [6.07, 6.45) is 6.50. The van der Waals surface area contributed by atoms with Crippen molar-refractivity contribution < 1.29 is 14.3 Å². The van der Waals surface area contributed by atoms with Gasteiger partial charge in [-0.3, -0.25) is 9.59 Å². The lowest BCUT2D eigenvalue weighted by atomic mass is 9.63. The van der Waals surface area contributed by atoms with E-state index in [0.29, 0.717) is 12.3 Å². The maximum absolute atomic E-state index is 12.1. The Bertz CT molecular complexity index is 371. The Kier molecular flexibility index (Phi) is 2.25. The van der Waals surface area contributed by atoms with E-state index >= 15 is 0 Å². The first-order valence-corrected chi connectivity index (χ1v) is 6.14. The second-order valence-electron chi connectivity index (χ2n) is 5.04. The summed E-state index contributed by atoms with van der Waals surface area (Å²) in [5.41, 5.74) is 0. The van der Waals surface area contributed by atoms with Crippen molar-refractivity contribution in [3.05, 3.63) is 12.2 Å². The molecule has 1 saturated carbocycles. The molecule has 0 aromatic rings. The third kappa shape index (κ3) is 1.24. The standard InChI is InChI=1S/C13H16O3/c1-2-9-11(14)12(15)10-7-3-5-8(6-4-7)13(10)16-9/h3,5,7-10,13H,2,4,6H2,1H3. The summed E-state index contributed by atoms with van der Waals surface area (Å²) in [5, 5.41) is 0. The minimum atomic E-state index is -0.485. The SMILES string of the molecule is CCC1OC2C3C=CC(CC3)C2C(=O)C1=O. The van der Waals surface area contributed by atoms with Crippen LogP contribution in [0.4, 0.5) is 0 Å². The van der Waals surface area contributed by atoms with Gasteiger partial charge in [0.2, 0.25) is 11.6 Å². The monoisotopic (exact) mass is 220 g/mol. The van der Waals surface area contributed by atoms with E-state index in [-0.39, 0.29) is 29.5 Å². The zero-order chi connectivity index (χ0) is 11.3. The Morgan fingerprint density at radius 2 is 1.88 bits per heavy atom. The van der Waals surface area contributed by atoms with Gasteiger partial charge in [0.25, 0.3) is 0 Å². The van der Waals surface area contributed by atoms with E-state index < -0.39 is 6.10 Å². The molecule has 1 heterocycles. The molecule has 3 aliphatic carbocycles. The molecule has 0 aromatic heterocycles. The van der Waals surface area contributed by atoms with Gasteiger partial charge in [0.1, 0.15) is 6.10 Å². The summed E-state index contributed by atoms with van der Waals surface area (Å²) < 4.78 is 5.83. The molecule has 0 N–H and O–H groups in total. The Balaban J connectivity index is 1.95. The molecule has 5 atom stereocenters. The molecule has 3 nitrogen and oxygen atoms in total. The molecular weight excluding hydrogens is 204 g/mol. The van der Waals surface area contributed by atoms with E-state index in [4.69, 9.17) is 4.74 Å². The molecule has 1 saturated heterocycles. The zero-order valence-electron chi connectivity index (χ0n) is 9.39. The number of allylic oxidation sites excluding steroid dienone is 1. The Morgan fingerprint density at radius 3 is 2.50 bits per heavy atom. The number of Topliss-reactive ketones (excluding diaryl/α,β-unsaturated/α-hetero) is 2. The second kappa shape index (κ2) is 3.52. The second-order valence-corrected chi connectivity index (χ2v) is 5.04. The fraction of sp³-hybridized carbons (Fsp3) is 0.692. The minimum Gasteiger partial charge on any atom is -0.365 e. The van der Waals surface area contributed by atoms with E-state index in [1.165, 1.54) is 0 Å². The van der Waals surface area contributed by atoms with Crippen molar-refractivity contribution in [2.75, 3.05) is 0 Å². The predicted molar refractivity (Wildman–Crippen MR) is 57.8 cm³/mol. The van der Waals surface area contributed by atoms with Crippen LogP contribution in [0.15, 0.2) is 12.2 Å². The molecular formula is C13H16O3. The number of hydrogen-bond acceptors (Lipinski definition) is 3. The third-order valence-corrected chi connectivity index (χ3v) is 4.21. The molecule has 4 rings (SSSR count). The van der Waals surface area contributed by atoms with Crippen LogP contribution in [-0.2, 0) is 14.3 Å². The molecule has 2 bridgehead atoms. The molecule has 5 unspecified atom stereocenters. The molecule has 16 heavy (non-hydrogen) atoms. The summed E-state index contributed by atoms with van der Waals surface area (Å²) in [5.74, 6) is -0.0729. The first-order chi connectivity index (χ1) is 7.72. The molecule has 86 valence electrons. The van der Waals surface area contributed by atoms with Crippen molar-refractivity contribution in [2.24, 2.45) is 17.8 Å². The van der Waals surface area contributed by atoms with Gasteiger partial charge in [-0.05, 0) is 25.2 Å². The van der Waals surface area contributed by atoms with Crippen LogP contribution < -0.4 is 0 Å². The lowest BCUT2D eigenvalue weighted by Crippen LogP contribution is -2.56. The quantitative estimate of drug-likeness (QED) is 0.497. The van der Waals surface area contributed by atoms with Gasteiger partial charge in [-0.2, -0.15) is 0 Å². The minimum absolute atomic E-state index is 0.0288. The average molecular weight is 220 g/mol. The van der Waals surface area contributed by atoms with Crippen molar-refractivity contribution in [1.29, 1.82) is 0 Å². The van der Waals surface area contributed by atoms with Gasteiger partial charge >= 0.3 is 0 Å². The van der Waals surface area contributed by atoms with Crippen molar-refractivity contribution in [3.63, 3.8) is 0 Å². The van der Waals surface area contributed by atoms with E-state index in [1.807, 2.05) is 6.92 Å². The zero-order valence-corrected chi connectivity index (χ0v) is 9.39. The van der Waals surface area contributed by atoms with Gasteiger partial charge in [-0.15, -0.1) is 0 Å². The van der Waals surface area contributed by atoms with Crippen molar-refractivity contribution in [3.8, 4) is 0 Å². The highest BCUT2D eigenvalue weighted by molar-refractivity contribution is 6.40. The van der Waals surface area contributed by atoms with Gasteiger partial charge in [0, 0.05) is 5.92 Å². The number of carbonyl (C=O) groups is 2. The van der Waals surface area contributed by atoms with Crippen LogP contribution >= 0.6 is 0 Å². The summed E-state index contributed by atoms with van der Waals surface area (Å²) in [6.45, 7) is 1.90. The van der Waals surface area contributed by atoms with Crippen LogP contribution in [0.25, 0.3) is 0 Å². The van der Waals surface area contributed by atoms with E-state index in [1.54, 1.807) is 0 Å². The molecule has 3 heteroatoms. The Morgan fingerprint density at radius 1 is 1.19 bits per heavy atom. The maximum atomic E-state index is 12.1. The molecule has 0 radical (unpaired) electrons. The van der Waals surface area contributed by atoms with E-state index in [2.05, 4.69) is 12.2 Å². The average Bonchev–Trinajstić information content (AvgIpc) is 2.34. The number of fused-ring (bicyclic) bond motifs is 1. The lowest BCUT2D eigenvalue weighted by Gasteiger charge is -2.47. The van der Waals surface area contributed by atoms with Crippen LogP contribution in [-0.4, -0.2) is 23.8 Å². The lowest BCUT2D eigenvalue weighted by molar-refractivity contribution is -0.173. The van der Waals surface area contributed by atoms with Crippen molar-refractivity contribution in [1.82, 2.24) is 0 Å². The summed E-state index contributed by atoms with van der Waals surface area (Å²) in [7, 11) is 0. The fourth-order valence-corrected chi connectivity index (χ4v) is 3.33. The molecule has 2 fully saturated rings. The summed E-state index contributed by atoms with van der Waals surface area (Å²) in [6, 6.07) is 0. The molecule has 4 aliphatic rings. The van der Waals surface area contributed by atoms with Crippen molar-refractivity contribution >= 4 is 11.6 Å². The van der Waals surface area contributed by atoms with E-state index in [0.717, 1.165) is 12.8 Å². The Hall–Kier alpha value is -0.960. The molecule has 0 spiro atoms. The van der Waals surface area contributed by atoms with Gasteiger partial charge in [0.15, 0.2) is 0 Å². The number of hydrogen-bond donors (Lipinski definition) is 0. The normalized spacial score (nSPS) is 45.9. The largest absolute Gasteiger partial charge is 0.365 e. The van der Waals surface area contributed by atoms with Gasteiger partial charge in [0.05, 0.1) is 12.0 Å². The number of carbonyl (C=O) groups excluding carboxylic acids is 2. The highest BCUT2D eigenvalue weighted by atomic mass is 16.5. The number of ether oxygens (including phenoxy) is 1. The van der Waals surface area contributed by atoms with Gasteiger partial charge in [-0.25, -0.2) is 0 Å². The maximum Gasteiger partial charge on any atom is 0.227 e. The highest BCUT2D eigenvalue weighted by Gasteiger charge is 2.52. The molecule has 0 aromatic carbocycles. The van der Waals surface area contributed by atoms with Gasteiger partial charge < -0.3 is 4.74 Å². The molecule has 1 aliphatic heterocycles. The van der Waals surface area contributed by atoms with Crippen LogP contribution in [0.1, 0.15) is 26.2 Å². The van der Waals surface area contributed by atoms with Gasteiger partial charge in [-0.1, -0.05) is 19.1 Å². The van der Waals surface area contributed by atoms with Crippen LogP contribution in [0.5, 0.6) is 0 Å². The molecule has 0 amide bonds. The van der Waals surface area contributed by atoms with Crippen LogP contribution in [0, 0.1) is 17.8 Å². The fourth-order valence-electron chi connectivity index (χ4n) is 3.33. The third-order valence-electron chi connectivity index (χ3n) is 4.21. The topological polar surface area (TPSA) is 43.4 Å². The van der Waals surface area contributed by atoms with Crippen LogP contribution in [0.2, 0.25) is 0 Å². The number of ketones is 2. The van der Waals surface area contributed by atoms with Crippen molar-refractivity contribution in [2.45, 2.75) is 38.4 Å². The first kappa shape index (κ1) is 10.2. The van der Waals surface area contributed by atoms with Crippen LogP contribution in [0.3, 0.4) is 0 Å².